The second-order valence-corrected chi connectivity index (χ2v) is 5.31. The van der Waals surface area contributed by atoms with Gasteiger partial charge in [0.2, 0.25) is 10.9 Å². The lowest BCUT2D eigenvalue weighted by Crippen LogP contribution is -2.11. The molecule has 1 amide bonds. The fraction of sp³-hybridized carbons (Fsp3) is 0. The molecule has 7 nitrogen and oxygen atoms in total. The van der Waals surface area contributed by atoms with Gasteiger partial charge >= 0.3 is 0 Å². The number of hydrogen-bond donors (Lipinski definition) is 2. The predicted molar refractivity (Wildman–Crippen MR) is 77.6 cm³/mol. The van der Waals surface area contributed by atoms with E-state index in [-0.39, 0.29) is 10.9 Å². The van der Waals surface area contributed by atoms with E-state index in [1.54, 1.807) is 12.1 Å². The molecule has 0 atom stereocenters. The van der Waals surface area contributed by atoms with Gasteiger partial charge < -0.3 is 4.52 Å². The molecule has 106 valence electrons. The Morgan fingerprint density at radius 3 is 2.86 bits per heavy atom. The van der Waals surface area contributed by atoms with E-state index >= 15 is 0 Å². The summed E-state index contributed by atoms with van der Waals surface area (Å²) in [6.07, 6.45) is 0. The van der Waals surface area contributed by atoms with Gasteiger partial charge in [0.15, 0.2) is 5.01 Å². The molecule has 0 aliphatic heterocycles. The van der Waals surface area contributed by atoms with Crippen molar-refractivity contribution in [3.63, 3.8) is 0 Å². The van der Waals surface area contributed by atoms with Gasteiger partial charge in [-0.15, -0.1) is 10.2 Å². The van der Waals surface area contributed by atoms with Gasteiger partial charge in [0.05, 0.1) is 11.1 Å². The first-order valence-electron chi connectivity index (χ1n) is 5.72. The fourth-order valence-electron chi connectivity index (χ4n) is 1.57. The highest BCUT2D eigenvalue weighted by Gasteiger charge is 2.15. The summed E-state index contributed by atoms with van der Waals surface area (Å²) >= 11 is 7.23. The second kappa shape index (κ2) is 5.51. The fourth-order valence-corrected chi connectivity index (χ4v) is 2.63. The molecule has 0 saturated carbocycles. The highest BCUT2D eigenvalue weighted by Crippen LogP contribution is 2.31. The van der Waals surface area contributed by atoms with E-state index in [9.17, 15) is 9.59 Å². The number of H-pyrrole nitrogens is 1. The van der Waals surface area contributed by atoms with Crippen molar-refractivity contribution in [2.45, 2.75) is 0 Å². The molecule has 0 spiro atoms. The van der Waals surface area contributed by atoms with Crippen LogP contribution < -0.4 is 10.9 Å². The van der Waals surface area contributed by atoms with Crippen LogP contribution in [-0.4, -0.2) is 21.3 Å². The molecular formula is C12H7ClN4O3S. The first-order valence-corrected chi connectivity index (χ1v) is 6.91. The van der Waals surface area contributed by atoms with Gasteiger partial charge in [-0.25, -0.2) is 0 Å². The minimum atomic E-state index is -0.588. The van der Waals surface area contributed by atoms with Crippen LogP contribution in [0.1, 0.15) is 10.6 Å². The molecule has 3 aromatic rings. The van der Waals surface area contributed by atoms with Crippen molar-refractivity contribution in [3.8, 4) is 10.6 Å². The van der Waals surface area contributed by atoms with Gasteiger partial charge in [-0.05, 0) is 6.07 Å². The maximum absolute atomic E-state index is 11.8. The normalized spacial score (nSPS) is 10.5. The third kappa shape index (κ3) is 2.86. The maximum Gasteiger partial charge on any atom is 0.296 e. The Morgan fingerprint density at radius 2 is 2.14 bits per heavy atom. The largest absolute Gasteiger partial charge is 0.373 e. The Hall–Kier alpha value is -2.45. The molecule has 0 radical (unpaired) electrons. The van der Waals surface area contributed by atoms with Crippen molar-refractivity contribution in [1.29, 1.82) is 0 Å². The predicted octanol–water partition coefficient (Wildman–Crippen LogP) is 2.39. The zero-order chi connectivity index (χ0) is 14.8. The number of rotatable bonds is 3. The summed E-state index contributed by atoms with van der Waals surface area (Å²) in [5.74, 6) is -0.718. The lowest BCUT2D eigenvalue weighted by atomic mass is 10.2. The smallest absolute Gasteiger partial charge is 0.296 e. The number of halogens is 1. The van der Waals surface area contributed by atoms with Crippen LogP contribution >= 0.6 is 22.9 Å². The first kappa shape index (κ1) is 13.5. The molecular weight excluding hydrogens is 316 g/mol. The summed E-state index contributed by atoms with van der Waals surface area (Å²) in [5, 5.41) is 13.7. The number of aromatic amines is 1. The molecule has 0 bridgehead atoms. The summed E-state index contributed by atoms with van der Waals surface area (Å²) in [5.41, 5.74) is 0.236. The Labute approximate surface area is 126 Å². The number of hydrogen-bond acceptors (Lipinski definition) is 6. The average molecular weight is 323 g/mol. The SMILES string of the molecule is O=C(Nc1nnc(-c2ccccc2Cl)s1)c1cc(=O)[nH]o1. The maximum atomic E-state index is 11.8. The van der Waals surface area contributed by atoms with Crippen LogP contribution in [0.4, 0.5) is 5.13 Å². The number of carbonyl (C=O) groups excluding carboxylic acids is 1. The van der Waals surface area contributed by atoms with E-state index in [4.69, 9.17) is 16.1 Å². The number of nitrogens with one attached hydrogen (secondary N) is 2. The van der Waals surface area contributed by atoms with E-state index in [2.05, 4.69) is 15.5 Å². The summed E-state index contributed by atoms with van der Waals surface area (Å²) < 4.78 is 4.69. The molecule has 21 heavy (non-hydrogen) atoms. The lowest BCUT2D eigenvalue weighted by Gasteiger charge is -1.97. The van der Waals surface area contributed by atoms with Gasteiger partial charge in [-0.2, -0.15) is 5.16 Å². The number of carbonyl (C=O) groups is 1. The van der Waals surface area contributed by atoms with Crippen LogP contribution in [0.2, 0.25) is 5.02 Å². The summed E-state index contributed by atoms with van der Waals surface area (Å²) in [4.78, 5) is 22.7. The Balaban J connectivity index is 1.81. The lowest BCUT2D eigenvalue weighted by molar-refractivity contribution is 0.0987. The zero-order valence-electron chi connectivity index (χ0n) is 10.3. The molecule has 2 heterocycles. The average Bonchev–Trinajstić information content (AvgIpc) is 3.08. The topological polar surface area (TPSA) is 101 Å². The van der Waals surface area contributed by atoms with Crippen molar-refractivity contribution >= 4 is 34.0 Å². The number of nitrogens with zero attached hydrogens (tertiary/aromatic N) is 2. The van der Waals surface area contributed by atoms with Crippen LogP contribution in [0.5, 0.6) is 0 Å². The molecule has 0 saturated heterocycles. The van der Waals surface area contributed by atoms with Crippen LogP contribution in [-0.2, 0) is 0 Å². The monoisotopic (exact) mass is 322 g/mol. The van der Waals surface area contributed by atoms with Gasteiger partial charge in [0.25, 0.3) is 11.5 Å². The third-order valence-electron chi connectivity index (χ3n) is 2.50. The number of amides is 1. The molecule has 0 fully saturated rings. The van der Waals surface area contributed by atoms with Gasteiger partial charge in [-0.3, -0.25) is 14.9 Å². The Kier molecular flexibility index (Phi) is 3.55. The minimum absolute atomic E-state index is 0.130. The molecule has 0 unspecified atom stereocenters. The van der Waals surface area contributed by atoms with Crippen molar-refractivity contribution in [2.75, 3.05) is 5.32 Å². The van der Waals surface area contributed by atoms with Crippen LogP contribution in [0.25, 0.3) is 10.6 Å². The van der Waals surface area contributed by atoms with Gasteiger partial charge in [0, 0.05) is 5.56 Å². The van der Waals surface area contributed by atoms with E-state index < -0.39 is 11.5 Å². The third-order valence-corrected chi connectivity index (χ3v) is 3.70. The van der Waals surface area contributed by atoms with Crippen molar-refractivity contribution in [2.24, 2.45) is 0 Å². The molecule has 1 aromatic carbocycles. The Bertz CT molecular complexity index is 854. The van der Waals surface area contributed by atoms with E-state index in [1.165, 1.54) is 0 Å². The van der Waals surface area contributed by atoms with E-state index in [0.717, 1.165) is 23.0 Å². The van der Waals surface area contributed by atoms with E-state index in [0.29, 0.717) is 10.0 Å². The second-order valence-electron chi connectivity index (χ2n) is 3.92. The highest BCUT2D eigenvalue weighted by molar-refractivity contribution is 7.18. The van der Waals surface area contributed by atoms with Crippen molar-refractivity contribution < 1.29 is 9.32 Å². The molecule has 0 aliphatic rings. The summed E-state index contributed by atoms with van der Waals surface area (Å²) in [6, 6.07) is 8.23. The van der Waals surface area contributed by atoms with Crippen molar-refractivity contribution in [3.05, 3.63) is 51.5 Å². The minimum Gasteiger partial charge on any atom is -0.373 e. The number of benzene rings is 1. The van der Waals surface area contributed by atoms with E-state index in [1.807, 2.05) is 17.3 Å². The van der Waals surface area contributed by atoms with Crippen LogP contribution in [0.3, 0.4) is 0 Å². The summed E-state index contributed by atoms with van der Waals surface area (Å²) in [7, 11) is 0. The van der Waals surface area contributed by atoms with Crippen LogP contribution in [0.15, 0.2) is 39.6 Å². The number of aromatic nitrogens is 3. The quantitative estimate of drug-likeness (QED) is 0.771. The standard InChI is InChI=1S/C12H7ClN4O3S/c13-7-4-2-1-3-6(7)11-15-16-12(21-11)14-10(19)8-5-9(18)17-20-8/h1-5H,(H,17,18)(H,14,16,19). The molecule has 9 heteroatoms. The molecule has 3 rings (SSSR count). The molecule has 2 aromatic heterocycles. The molecule has 2 N–H and O–H groups in total. The van der Waals surface area contributed by atoms with Gasteiger partial charge in [-0.1, -0.05) is 41.1 Å². The first-order chi connectivity index (χ1) is 10.1. The Morgan fingerprint density at radius 1 is 1.33 bits per heavy atom. The van der Waals surface area contributed by atoms with Gasteiger partial charge in [0.1, 0.15) is 0 Å². The zero-order valence-corrected chi connectivity index (χ0v) is 11.9. The highest BCUT2D eigenvalue weighted by atomic mass is 35.5. The summed E-state index contributed by atoms with van der Waals surface area (Å²) in [6.45, 7) is 0. The van der Waals surface area contributed by atoms with Crippen LogP contribution in [0, 0.1) is 0 Å². The number of anilines is 1. The molecule has 0 aliphatic carbocycles. The van der Waals surface area contributed by atoms with Crippen molar-refractivity contribution in [1.82, 2.24) is 15.4 Å².